The molecule has 0 aromatic carbocycles. The number of aromatic nitrogens is 1. The van der Waals surface area contributed by atoms with Gasteiger partial charge in [0.15, 0.2) is 5.69 Å². The summed E-state index contributed by atoms with van der Waals surface area (Å²) in [5.74, 6) is -0.888. The SMILES string of the molecule is Cc1cc(C(F)F)c(C#N)nc1F. The molecule has 0 radical (unpaired) electrons. The Kier molecular flexibility index (Phi) is 2.52. The Morgan fingerprint density at radius 2 is 2.15 bits per heavy atom. The molecule has 1 rings (SSSR count). The van der Waals surface area contributed by atoms with Crippen LogP contribution in [0.4, 0.5) is 13.2 Å². The Hall–Kier alpha value is -1.57. The van der Waals surface area contributed by atoms with Gasteiger partial charge in [0, 0.05) is 5.56 Å². The van der Waals surface area contributed by atoms with Crippen LogP contribution >= 0.6 is 0 Å². The fraction of sp³-hybridized carbons (Fsp3) is 0.250. The van der Waals surface area contributed by atoms with Gasteiger partial charge in [-0.1, -0.05) is 0 Å². The Morgan fingerprint density at radius 3 is 2.62 bits per heavy atom. The normalized spacial score (nSPS) is 10.2. The predicted molar refractivity (Wildman–Crippen MR) is 38.6 cm³/mol. The van der Waals surface area contributed by atoms with Gasteiger partial charge < -0.3 is 0 Å². The van der Waals surface area contributed by atoms with E-state index in [9.17, 15) is 13.2 Å². The lowest BCUT2D eigenvalue weighted by atomic mass is 10.1. The van der Waals surface area contributed by atoms with Crippen LogP contribution in [0.3, 0.4) is 0 Å². The molecular formula is C8H5F3N2. The zero-order valence-corrected chi connectivity index (χ0v) is 6.68. The van der Waals surface area contributed by atoms with Crippen molar-refractivity contribution in [1.82, 2.24) is 4.98 Å². The molecule has 1 aromatic heterocycles. The standard InChI is InChI=1S/C8H5F3N2/c1-4-2-5(7(9)10)6(3-12)13-8(4)11/h2,7H,1H3. The van der Waals surface area contributed by atoms with Crippen molar-refractivity contribution in [2.24, 2.45) is 0 Å². The molecule has 0 saturated heterocycles. The van der Waals surface area contributed by atoms with Crippen molar-refractivity contribution in [3.05, 3.63) is 28.8 Å². The number of halogens is 3. The van der Waals surface area contributed by atoms with E-state index in [0.717, 1.165) is 6.07 Å². The highest BCUT2D eigenvalue weighted by molar-refractivity contribution is 5.34. The van der Waals surface area contributed by atoms with Gasteiger partial charge in [-0.05, 0) is 13.0 Å². The molecule has 1 aromatic rings. The van der Waals surface area contributed by atoms with Gasteiger partial charge in [0.25, 0.3) is 6.43 Å². The number of pyridine rings is 1. The van der Waals surface area contributed by atoms with Crippen LogP contribution < -0.4 is 0 Å². The van der Waals surface area contributed by atoms with E-state index in [4.69, 9.17) is 5.26 Å². The Morgan fingerprint density at radius 1 is 1.54 bits per heavy atom. The van der Waals surface area contributed by atoms with Crippen LogP contribution in [-0.2, 0) is 0 Å². The second kappa shape index (κ2) is 3.44. The minimum Gasteiger partial charge on any atom is -0.208 e. The first-order chi connectivity index (χ1) is 6.06. The van der Waals surface area contributed by atoms with Gasteiger partial charge in [-0.25, -0.2) is 13.8 Å². The van der Waals surface area contributed by atoms with E-state index in [2.05, 4.69) is 4.98 Å². The molecule has 0 aliphatic rings. The summed E-state index contributed by atoms with van der Waals surface area (Å²) in [6.07, 6.45) is -2.80. The van der Waals surface area contributed by atoms with Crippen LogP contribution in [0.1, 0.15) is 23.2 Å². The molecule has 0 N–H and O–H groups in total. The second-order valence-corrected chi connectivity index (χ2v) is 2.45. The third-order valence-corrected chi connectivity index (χ3v) is 1.52. The van der Waals surface area contributed by atoms with Gasteiger partial charge in [-0.3, -0.25) is 0 Å². The van der Waals surface area contributed by atoms with Crippen molar-refractivity contribution in [3.63, 3.8) is 0 Å². The van der Waals surface area contributed by atoms with Crippen molar-refractivity contribution in [2.45, 2.75) is 13.3 Å². The van der Waals surface area contributed by atoms with E-state index < -0.39 is 23.6 Å². The summed E-state index contributed by atoms with van der Waals surface area (Å²) in [6, 6.07) is 2.35. The molecule has 0 saturated carbocycles. The molecule has 0 fully saturated rings. The summed E-state index contributed by atoms with van der Waals surface area (Å²) < 4.78 is 37.1. The minimum absolute atomic E-state index is 0.00861. The molecule has 0 unspecified atom stereocenters. The zero-order valence-electron chi connectivity index (χ0n) is 6.68. The van der Waals surface area contributed by atoms with Crippen molar-refractivity contribution in [3.8, 4) is 6.07 Å². The average molecular weight is 186 g/mol. The fourth-order valence-corrected chi connectivity index (χ4v) is 0.868. The molecule has 68 valence electrons. The molecule has 13 heavy (non-hydrogen) atoms. The topological polar surface area (TPSA) is 36.7 Å². The molecule has 0 bridgehead atoms. The fourth-order valence-electron chi connectivity index (χ4n) is 0.868. The number of alkyl halides is 2. The van der Waals surface area contributed by atoms with Crippen molar-refractivity contribution < 1.29 is 13.2 Å². The monoisotopic (exact) mass is 186 g/mol. The van der Waals surface area contributed by atoms with Gasteiger partial charge in [0.1, 0.15) is 6.07 Å². The van der Waals surface area contributed by atoms with Crippen LogP contribution in [0.15, 0.2) is 6.07 Å². The molecule has 0 amide bonds. The first-order valence-corrected chi connectivity index (χ1v) is 3.41. The van der Waals surface area contributed by atoms with Gasteiger partial charge in [0.2, 0.25) is 5.95 Å². The van der Waals surface area contributed by atoms with Crippen molar-refractivity contribution >= 4 is 0 Å². The highest BCUT2D eigenvalue weighted by Gasteiger charge is 2.16. The van der Waals surface area contributed by atoms with E-state index in [1.54, 1.807) is 0 Å². The van der Waals surface area contributed by atoms with Gasteiger partial charge in [-0.2, -0.15) is 9.65 Å². The molecular weight excluding hydrogens is 181 g/mol. The summed E-state index contributed by atoms with van der Waals surface area (Å²) in [6.45, 7) is 1.31. The summed E-state index contributed by atoms with van der Waals surface area (Å²) in [5, 5.41) is 8.37. The van der Waals surface area contributed by atoms with Gasteiger partial charge in [-0.15, -0.1) is 0 Å². The Bertz CT molecular complexity index is 368. The van der Waals surface area contributed by atoms with Crippen LogP contribution in [0, 0.1) is 24.2 Å². The molecule has 2 nitrogen and oxygen atoms in total. The number of aryl methyl sites for hydroxylation is 1. The van der Waals surface area contributed by atoms with Crippen LogP contribution in [-0.4, -0.2) is 4.98 Å². The van der Waals surface area contributed by atoms with Crippen LogP contribution in [0.2, 0.25) is 0 Å². The first-order valence-electron chi connectivity index (χ1n) is 3.41. The first kappa shape index (κ1) is 9.52. The largest absolute Gasteiger partial charge is 0.266 e. The number of nitriles is 1. The zero-order chi connectivity index (χ0) is 10.0. The van der Waals surface area contributed by atoms with E-state index in [0.29, 0.717) is 0 Å². The maximum absolute atomic E-state index is 12.7. The molecule has 0 aliphatic carbocycles. The number of hydrogen-bond acceptors (Lipinski definition) is 2. The summed E-state index contributed by atoms with van der Waals surface area (Å²) in [4.78, 5) is 3.10. The van der Waals surface area contributed by atoms with Crippen LogP contribution in [0.5, 0.6) is 0 Å². The number of rotatable bonds is 1. The predicted octanol–water partition coefficient (Wildman–Crippen LogP) is 2.34. The molecule has 0 aliphatic heterocycles. The van der Waals surface area contributed by atoms with Crippen molar-refractivity contribution in [1.29, 1.82) is 5.26 Å². The average Bonchev–Trinajstić information content (AvgIpc) is 2.08. The van der Waals surface area contributed by atoms with Crippen LogP contribution in [0.25, 0.3) is 0 Å². The van der Waals surface area contributed by atoms with E-state index in [-0.39, 0.29) is 5.56 Å². The van der Waals surface area contributed by atoms with E-state index >= 15 is 0 Å². The summed E-state index contributed by atoms with van der Waals surface area (Å²) >= 11 is 0. The molecule has 5 heteroatoms. The van der Waals surface area contributed by atoms with Gasteiger partial charge >= 0.3 is 0 Å². The summed E-state index contributed by atoms with van der Waals surface area (Å²) in [7, 11) is 0. The smallest absolute Gasteiger partial charge is 0.208 e. The Balaban J connectivity index is 3.35. The lowest BCUT2D eigenvalue weighted by Gasteiger charge is -2.03. The quantitative estimate of drug-likeness (QED) is 0.631. The second-order valence-electron chi connectivity index (χ2n) is 2.45. The maximum Gasteiger partial charge on any atom is 0.266 e. The number of hydrogen-bond donors (Lipinski definition) is 0. The third kappa shape index (κ3) is 1.78. The highest BCUT2D eigenvalue weighted by Crippen LogP contribution is 2.22. The summed E-state index contributed by atoms with van der Waals surface area (Å²) in [5.41, 5.74) is -1.08. The van der Waals surface area contributed by atoms with E-state index in [1.165, 1.54) is 13.0 Å². The lowest BCUT2D eigenvalue weighted by molar-refractivity contribution is 0.150. The molecule has 0 atom stereocenters. The van der Waals surface area contributed by atoms with Crippen molar-refractivity contribution in [2.75, 3.05) is 0 Å². The lowest BCUT2D eigenvalue weighted by Crippen LogP contribution is -1.99. The number of nitrogens with zero attached hydrogens (tertiary/aromatic N) is 2. The highest BCUT2D eigenvalue weighted by atomic mass is 19.3. The third-order valence-electron chi connectivity index (χ3n) is 1.52. The Labute approximate surface area is 72.6 Å². The van der Waals surface area contributed by atoms with Gasteiger partial charge in [0.05, 0.1) is 5.56 Å². The molecule has 1 heterocycles. The molecule has 0 spiro atoms. The minimum atomic E-state index is -2.80. The van der Waals surface area contributed by atoms with E-state index in [1.807, 2.05) is 0 Å². The maximum atomic E-state index is 12.7.